The van der Waals surface area contributed by atoms with Gasteiger partial charge in [0.05, 0.1) is 6.61 Å². The highest BCUT2D eigenvalue weighted by Crippen LogP contribution is 2.36. The van der Waals surface area contributed by atoms with Crippen molar-refractivity contribution in [3.8, 4) is 0 Å². The van der Waals surface area contributed by atoms with E-state index in [0.29, 0.717) is 6.04 Å². The van der Waals surface area contributed by atoms with Crippen molar-refractivity contribution in [3.05, 3.63) is 59.7 Å². The molecule has 2 aromatic carbocycles. The van der Waals surface area contributed by atoms with E-state index in [9.17, 15) is 0 Å². The minimum atomic E-state index is 0.104. The molecule has 0 amide bonds. The standard InChI is InChI=1S/C17H19NO/c1-13-6-9-15-4-2-3-5-17(15)18(13)16-10-7-14(12-19)8-11-16/h2-5,7-8,10-11,13,19H,6,9,12H2,1H3. The first-order valence-electron chi connectivity index (χ1n) is 6.86. The summed E-state index contributed by atoms with van der Waals surface area (Å²) >= 11 is 0. The van der Waals surface area contributed by atoms with Crippen LogP contribution in [0.5, 0.6) is 0 Å². The fraction of sp³-hybridized carbons (Fsp3) is 0.294. The number of aliphatic hydroxyl groups excluding tert-OH is 1. The summed E-state index contributed by atoms with van der Waals surface area (Å²) in [5.41, 5.74) is 4.91. The van der Waals surface area contributed by atoms with Crippen LogP contribution in [0.1, 0.15) is 24.5 Å². The summed E-state index contributed by atoms with van der Waals surface area (Å²) in [6, 6.07) is 17.3. The van der Waals surface area contributed by atoms with Crippen LogP contribution in [0.15, 0.2) is 48.5 Å². The Bertz CT molecular complexity index is 562. The minimum Gasteiger partial charge on any atom is -0.392 e. The summed E-state index contributed by atoms with van der Waals surface area (Å²) in [4.78, 5) is 2.40. The Kier molecular flexibility index (Phi) is 3.26. The predicted octanol–water partition coefficient (Wildman–Crippen LogP) is 3.65. The average Bonchev–Trinajstić information content (AvgIpc) is 2.47. The zero-order valence-corrected chi connectivity index (χ0v) is 11.2. The van der Waals surface area contributed by atoms with E-state index >= 15 is 0 Å². The summed E-state index contributed by atoms with van der Waals surface area (Å²) in [5.74, 6) is 0. The van der Waals surface area contributed by atoms with Crippen molar-refractivity contribution in [2.75, 3.05) is 4.90 Å². The second-order valence-electron chi connectivity index (χ2n) is 5.21. The molecule has 0 fully saturated rings. The van der Waals surface area contributed by atoms with Crippen molar-refractivity contribution in [1.29, 1.82) is 0 Å². The van der Waals surface area contributed by atoms with Crippen LogP contribution in [0.3, 0.4) is 0 Å². The fourth-order valence-corrected chi connectivity index (χ4v) is 2.84. The molecule has 0 saturated carbocycles. The molecule has 3 rings (SSSR count). The molecule has 19 heavy (non-hydrogen) atoms. The highest BCUT2D eigenvalue weighted by molar-refractivity contribution is 5.68. The van der Waals surface area contributed by atoms with Crippen molar-refractivity contribution < 1.29 is 5.11 Å². The number of fused-ring (bicyclic) bond motifs is 1. The van der Waals surface area contributed by atoms with Gasteiger partial charge < -0.3 is 10.0 Å². The summed E-state index contributed by atoms with van der Waals surface area (Å²) in [7, 11) is 0. The van der Waals surface area contributed by atoms with Gasteiger partial charge in [-0.1, -0.05) is 30.3 Å². The van der Waals surface area contributed by atoms with E-state index in [2.05, 4.69) is 48.2 Å². The van der Waals surface area contributed by atoms with Gasteiger partial charge in [-0.2, -0.15) is 0 Å². The van der Waals surface area contributed by atoms with E-state index in [-0.39, 0.29) is 6.61 Å². The van der Waals surface area contributed by atoms with Crippen LogP contribution in [-0.2, 0) is 13.0 Å². The molecule has 1 aliphatic rings. The SMILES string of the molecule is CC1CCc2ccccc2N1c1ccc(CO)cc1. The Labute approximate surface area is 114 Å². The molecule has 0 spiro atoms. The molecule has 1 N–H and O–H groups in total. The quantitative estimate of drug-likeness (QED) is 0.883. The number of hydrogen-bond acceptors (Lipinski definition) is 2. The Morgan fingerprint density at radius 1 is 1.11 bits per heavy atom. The van der Waals surface area contributed by atoms with Gasteiger partial charge in [0.25, 0.3) is 0 Å². The first-order chi connectivity index (χ1) is 9.29. The zero-order chi connectivity index (χ0) is 13.2. The Morgan fingerprint density at radius 2 is 1.84 bits per heavy atom. The number of benzene rings is 2. The van der Waals surface area contributed by atoms with Crippen molar-refractivity contribution in [1.82, 2.24) is 0 Å². The van der Waals surface area contributed by atoms with Gasteiger partial charge in [-0.05, 0) is 49.1 Å². The molecule has 1 unspecified atom stereocenters. The number of nitrogens with zero attached hydrogens (tertiary/aromatic N) is 1. The van der Waals surface area contributed by atoms with Gasteiger partial charge in [-0.25, -0.2) is 0 Å². The first-order valence-corrected chi connectivity index (χ1v) is 6.86. The molecule has 1 heterocycles. The van der Waals surface area contributed by atoms with E-state index in [1.807, 2.05) is 12.1 Å². The summed E-state index contributed by atoms with van der Waals surface area (Å²) in [6.45, 7) is 2.38. The first kappa shape index (κ1) is 12.2. The molecule has 1 atom stereocenters. The van der Waals surface area contributed by atoms with Crippen LogP contribution in [0.2, 0.25) is 0 Å². The topological polar surface area (TPSA) is 23.5 Å². The third kappa shape index (κ3) is 2.24. The molecule has 1 aliphatic heterocycles. The number of anilines is 2. The molecule has 0 aliphatic carbocycles. The molecule has 2 heteroatoms. The minimum absolute atomic E-state index is 0.104. The van der Waals surface area contributed by atoms with Crippen molar-refractivity contribution >= 4 is 11.4 Å². The smallest absolute Gasteiger partial charge is 0.0681 e. The average molecular weight is 253 g/mol. The highest BCUT2D eigenvalue weighted by Gasteiger charge is 2.23. The van der Waals surface area contributed by atoms with Crippen molar-refractivity contribution in [2.24, 2.45) is 0 Å². The molecule has 0 aromatic heterocycles. The largest absolute Gasteiger partial charge is 0.392 e. The Balaban J connectivity index is 2.02. The van der Waals surface area contributed by atoms with Gasteiger partial charge in [-0.15, -0.1) is 0 Å². The monoisotopic (exact) mass is 253 g/mol. The van der Waals surface area contributed by atoms with Crippen LogP contribution in [-0.4, -0.2) is 11.1 Å². The van der Waals surface area contributed by atoms with Crippen LogP contribution in [0.25, 0.3) is 0 Å². The van der Waals surface area contributed by atoms with Crippen molar-refractivity contribution in [2.45, 2.75) is 32.4 Å². The summed E-state index contributed by atoms with van der Waals surface area (Å²) < 4.78 is 0. The predicted molar refractivity (Wildman–Crippen MR) is 78.7 cm³/mol. The molecule has 98 valence electrons. The van der Waals surface area contributed by atoms with Gasteiger partial charge in [0.15, 0.2) is 0 Å². The molecule has 2 nitrogen and oxygen atoms in total. The third-order valence-electron chi connectivity index (χ3n) is 3.92. The highest BCUT2D eigenvalue weighted by atomic mass is 16.3. The van der Waals surface area contributed by atoms with E-state index in [0.717, 1.165) is 12.0 Å². The van der Waals surface area contributed by atoms with E-state index in [1.54, 1.807) is 0 Å². The van der Waals surface area contributed by atoms with Gasteiger partial charge in [0.2, 0.25) is 0 Å². The molecule has 0 bridgehead atoms. The normalized spacial score (nSPS) is 18.2. The van der Waals surface area contributed by atoms with Gasteiger partial charge >= 0.3 is 0 Å². The van der Waals surface area contributed by atoms with E-state index in [1.165, 1.54) is 23.4 Å². The number of aryl methyl sites for hydroxylation is 1. The second-order valence-corrected chi connectivity index (χ2v) is 5.21. The Hall–Kier alpha value is -1.80. The van der Waals surface area contributed by atoms with Crippen LogP contribution < -0.4 is 4.90 Å². The van der Waals surface area contributed by atoms with E-state index in [4.69, 9.17) is 5.11 Å². The number of hydrogen-bond donors (Lipinski definition) is 1. The lowest BCUT2D eigenvalue weighted by Crippen LogP contribution is -2.33. The lowest BCUT2D eigenvalue weighted by Gasteiger charge is -2.37. The zero-order valence-electron chi connectivity index (χ0n) is 11.2. The molecule has 0 saturated heterocycles. The fourth-order valence-electron chi connectivity index (χ4n) is 2.84. The summed E-state index contributed by atoms with van der Waals surface area (Å²) in [6.07, 6.45) is 2.33. The molecular formula is C17H19NO. The molecule has 2 aromatic rings. The maximum Gasteiger partial charge on any atom is 0.0681 e. The van der Waals surface area contributed by atoms with E-state index < -0.39 is 0 Å². The number of aliphatic hydroxyl groups is 1. The number of rotatable bonds is 2. The maximum atomic E-state index is 9.13. The number of para-hydroxylation sites is 1. The lowest BCUT2D eigenvalue weighted by molar-refractivity contribution is 0.282. The Morgan fingerprint density at radius 3 is 2.58 bits per heavy atom. The van der Waals surface area contributed by atoms with Gasteiger partial charge in [0.1, 0.15) is 0 Å². The van der Waals surface area contributed by atoms with Crippen LogP contribution in [0, 0.1) is 0 Å². The molecule has 0 radical (unpaired) electrons. The third-order valence-corrected chi connectivity index (χ3v) is 3.92. The van der Waals surface area contributed by atoms with Crippen LogP contribution >= 0.6 is 0 Å². The molecular weight excluding hydrogens is 234 g/mol. The van der Waals surface area contributed by atoms with Gasteiger partial charge in [-0.3, -0.25) is 0 Å². The van der Waals surface area contributed by atoms with Crippen LogP contribution in [0.4, 0.5) is 11.4 Å². The second kappa shape index (κ2) is 5.06. The summed E-state index contributed by atoms with van der Waals surface area (Å²) in [5, 5.41) is 9.13. The van der Waals surface area contributed by atoms with Crippen molar-refractivity contribution in [3.63, 3.8) is 0 Å². The maximum absolute atomic E-state index is 9.13. The van der Waals surface area contributed by atoms with Gasteiger partial charge in [0, 0.05) is 17.4 Å². The lowest BCUT2D eigenvalue weighted by atomic mass is 9.96.